The molecule has 0 spiro atoms. The number of aromatic nitrogens is 2. The summed E-state index contributed by atoms with van der Waals surface area (Å²) in [5, 5.41) is 12.1. The number of carbonyl (C=O) groups is 2. The second-order valence-electron chi connectivity index (χ2n) is 6.16. The predicted molar refractivity (Wildman–Crippen MR) is 106 cm³/mol. The molecule has 0 atom stereocenters. The van der Waals surface area contributed by atoms with Gasteiger partial charge in [-0.2, -0.15) is 5.10 Å². The predicted octanol–water partition coefficient (Wildman–Crippen LogP) is 2.64. The van der Waals surface area contributed by atoms with Crippen molar-refractivity contribution in [3.8, 4) is 5.69 Å². The van der Waals surface area contributed by atoms with Gasteiger partial charge in [0.15, 0.2) is 0 Å². The van der Waals surface area contributed by atoms with Gasteiger partial charge in [-0.1, -0.05) is 24.3 Å². The summed E-state index contributed by atoms with van der Waals surface area (Å²) in [6.45, 7) is 4.66. The summed E-state index contributed by atoms with van der Waals surface area (Å²) in [4.78, 5) is 24.8. The van der Waals surface area contributed by atoms with Crippen molar-refractivity contribution in [1.82, 2.24) is 20.4 Å². The van der Waals surface area contributed by atoms with Crippen molar-refractivity contribution >= 4 is 23.2 Å². The van der Waals surface area contributed by atoms with E-state index in [1.807, 2.05) is 60.3 Å². The quantitative estimate of drug-likeness (QED) is 0.617. The van der Waals surface area contributed by atoms with Crippen LogP contribution >= 0.6 is 11.3 Å². The first kappa shape index (κ1) is 18.8. The van der Waals surface area contributed by atoms with Crippen molar-refractivity contribution in [2.24, 2.45) is 0 Å². The molecule has 0 aliphatic heterocycles. The lowest BCUT2D eigenvalue weighted by atomic mass is 10.1. The molecule has 0 saturated carbocycles. The summed E-state index contributed by atoms with van der Waals surface area (Å²) in [5.74, 6) is -0.200. The third kappa shape index (κ3) is 4.62. The molecule has 7 heteroatoms. The summed E-state index contributed by atoms with van der Waals surface area (Å²) in [6, 6.07) is 13.5. The molecule has 0 radical (unpaired) electrons. The molecule has 6 nitrogen and oxygen atoms in total. The summed E-state index contributed by atoms with van der Waals surface area (Å²) < 4.78 is 1.86. The van der Waals surface area contributed by atoms with E-state index in [1.165, 1.54) is 11.3 Å². The van der Waals surface area contributed by atoms with Crippen LogP contribution in [0.1, 0.15) is 26.6 Å². The Balaban J connectivity index is 1.52. The normalized spacial score (nSPS) is 10.6. The van der Waals surface area contributed by atoms with Crippen LogP contribution in [0.2, 0.25) is 0 Å². The zero-order valence-corrected chi connectivity index (χ0v) is 16.2. The van der Waals surface area contributed by atoms with E-state index in [9.17, 15) is 9.59 Å². The van der Waals surface area contributed by atoms with E-state index in [-0.39, 0.29) is 18.2 Å². The highest BCUT2D eigenvalue weighted by Crippen LogP contribution is 2.18. The maximum absolute atomic E-state index is 12.3. The van der Waals surface area contributed by atoms with Gasteiger partial charge in [0.05, 0.1) is 22.7 Å². The average molecular weight is 382 g/mol. The number of para-hydroxylation sites is 1. The van der Waals surface area contributed by atoms with Gasteiger partial charge >= 0.3 is 0 Å². The van der Waals surface area contributed by atoms with E-state index >= 15 is 0 Å². The minimum atomic E-state index is -0.116. The highest BCUT2D eigenvalue weighted by molar-refractivity contribution is 7.12. The van der Waals surface area contributed by atoms with Crippen molar-refractivity contribution in [2.75, 3.05) is 13.1 Å². The fourth-order valence-electron chi connectivity index (χ4n) is 2.85. The molecule has 2 heterocycles. The Morgan fingerprint density at radius 3 is 2.48 bits per heavy atom. The Hall–Kier alpha value is -2.93. The molecule has 0 aliphatic rings. The summed E-state index contributed by atoms with van der Waals surface area (Å²) in [5.41, 5.74) is 3.71. The molecule has 3 aromatic rings. The first-order valence-corrected chi connectivity index (χ1v) is 9.63. The van der Waals surface area contributed by atoms with Crippen molar-refractivity contribution in [2.45, 2.75) is 20.3 Å². The number of hydrogen-bond donors (Lipinski definition) is 2. The Kier molecular flexibility index (Phi) is 6.03. The van der Waals surface area contributed by atoms with E-state index in [1.54, 1.807) is 6.07 Å². The second kappa shape index (κ2) is 8.64. The molecule has 2 amide bonds. The summed E-state index contributed by atoms with van der Waals surface area (Å²) >= 11 is 1.39. The van der Waals surface area contributed by atoms with Gasteiger partial charge in [-0.25, -0.2) is 4.68 Å². The molecule has 2 N–H and O–H groups in total. The van der Waals surface area contributed by atoms with Crippen LogP contribution in [0, 0.1) is 13.8 Å². The molecule has 0 unspecified atom stereocenters. The number of rotatable bonds is 7. The lowest BCUT2D eigenvalue weighted by molar-refractivity contribution is -0.120. The minimum absolute atomic E-state index is 0.0841. The number of nitrogens with zero attached hydrogens (tertiary/aromatic N) is 2. The molecule has 0 aliphatic carbocycles. The highest BCUT2D eigenvalue weighted by Gasteiger charge is 2.15. The number of amides is 2. The molecule has 0 saturated heterocycles. The Morgan fingerprint density at radius 2 is 1.78 bits per heavy atom. The van der Waals surface area contributed by atoms with Crippen molar-refractivity contribution in [1.29, 1.82) is 0 Å². The maximum Gasteiger partial charge on any atom is 0.261 e. The molecule has 140 valence electrons. The second-order valence-corrected chi connectivity index (χ2v) is 7.10. The van der Waals surface area contributed by atoms with E-state index in [0.717, 1.165) is 22.6 Å². The van der Waals surface area contributed by atoms with Crippen molar-refractivity contribution < 1.29 is 9.59 Å². The Morgan fingerprint density at radius 1 is 1.04 bits per heavy atom. The lowest BCUT2D eigenvalue weighted by Crippen LogP contribution is -2.35. The number of benzene rings is 1. The fraction of sp³-hybridized carbons (Fsp3) is 0.250. The van der Waals surface area contributed by atoms with Crippen LogP contribution < -0.4 is 10.6 Å². The van der Waals surface area contributed by atoms with Gasteiger partial charge in [-0.3, -0.25) is 9.59 Å². The van der Waals surface area contributed by atoms with Gasteiger partial charge < -0.3 is 10.6 Å². The van der Waals surface area contributed by atoms with E-state index in [4.69, 9.17) is 0 Å². The zero-order valence-electron chi connectivity index (χ0n) is 15.4. The maximum atomic E-state index is 12.3. The number of carbonyl (C=O) groups excluding carboxylic acids is 2. The van der Waals surface area contributed by atoms with Gasteiger partial charge in [-0.05, 0) is 37.4 Å². The van der Waals surface area contributed by atoms with Gasteiger partial charge in [0, 0.05) is 24.3 Å². The first-order valence-electron chi connectivity index (χ1n) is 8.75. The number of aryl methyl sites for hydroxylation is 1. The van der Waals surface area contributed by atoms with Crippen LogP contribution in [-0.2, 0) is 11.2 Å². The molecule has 0 bridgehead atoms. The molecule has 0 fully saturated rings. The smallest absolute Gasteiger partial charge is 0.261 e. The highest BCUT2D eigenvalue weighted by atomic mass is 32.1. The first-order chi connectivity index (χ1) is 13.1. The van der Waals surface area contributed by atoms with Gasteiger partial charge in [-0.15, -0.1) is 11.3 Å². The van der Waals surface area contributed by atoms with E-state index in [2.05, 4.69) is 15.7 Å². The van der Waals surface area contributed by atoms with E-state index < -0.39 is 0 Å². The van der Waals surface area contributed by atoms with Crippen LogP contribution in [0.3, 0.4) is 0 Å². The molecule has 3 rings (SSSR count). The molecular weight excluding hydrogens is 360 g/mol. The van der Waals surface area contributed by atoms with Crippen molar-refractivity contribution in [3.05, 3.63) is 69.7 Å². The van der Waals surface area contributed by atoms with Crippen LogP contribution in [0.4, 0.5) is 0 Å². The third-order valence-corrected chi connectivity index (χ3v) is 5.13. The summed E-state index contributed by atoms with van der Waals surface area (Å²) in [7, 11) is 0. The SMILES string of the molecule is Cc1nn(-c2ccccc2)c(C)c1CC(=O)NCCNC(=O)c1cccs1. The summed E-state index contributed by atoms with van der Waals surface area (Å²) in [6.07, 6.45) is 0.267. The number of hydrogen-bond acceptors (Lipinski definition) is 4. The standard InChI is InChI=1S/C20H22N4O2S/c1-14-17(15(2)24(23-14)16-7-4-3-5-8-16)13-19(25)21-10-11-22-20(26)18-9-6-12-27-18/h3-9,12H,10-11,13H2,1-2H3,(H,21,25)(H,22,26). The Labute approximate surface area is 162 Å². The molecule has 2 aromatic heterocycles. The number of nitrogens with one attached hydrogen (secondary N) is 2. The van der Waals surface area contributed by atoms with Crippen LogP contribution in [-0.4, -0.2) is 34.7 Å². The van der Waals surface area contributed by atoms with Crippen LogP contribution in [0.25, 0.3) is 5.69 Å². The minimum Gasteiger partial charge on any atom is -0.354 e. The molecular formula is C20H22N4O2S. The molecule has 27 heavy (non-hydrogen) atoms. The Bertz CT molecular complexity index is 917. The van der Waals surface area contributed by atoms with Gasteiger partial charge in [0.25, 0.3) is 5.91 Å². The fourth-order valence-corrected chi connectivity index (χ4v) is 3.49. The number of thiophene rings is 1. The van der Waals surface area contributed by atoms with Crippen LogP contribution in [0.5, 0.6) is 0 Å². The van der Waals surface area contributed by atoms with E-state index in [0.29, 0.717) is 18.0 Å². The third-order valence-electron chi connectivity index (χ3n) is 4.26. The monoisotopic (exact) mass is 382 g/mol. The zero-order chi connectivity index (χ0) is 19.2. The largest absolute Gasteiger partial charge is 0.354 e. The topological polar surface area (TPSA) is 76.0 Å². The van der Waals surface area contributed by atoms with Crippen molar-refractivity contribution in [3.63, 3.8) is 0 Å². The van der Waals surface area contributed by atoms with Gasteiger partial charge in [0.2, 0.25) is 5.91 Å². The van der Waals surface area contributed by atoms with Crippen LogP contribution in [0.15, 0.2) is 47.8 Å². The lowest BCUT2D eigenvalue weighted by Gasteiger charge is -2.07. The average Bonchev–Trinajstić information content (AvgIpc) is 3.30. The van der Waals surface area contributed by atoms with Gasteiger partial charge in [0.1, 0.15) is 0 Å². The molecule has 1 aromatic carbocycles.